The fourth-order valence-corrected chi connectivity index (χ4v) is 2.07. The number of hydrogen-bond donors (Lipinski definition) is 0. The monoisotopic (exact) mass is 194 g/mol. The first kappa shape index (κ1) is 8.66. The van der Waals surface area contributed by atoms with Crippen LogP contribution in [0.15, 0.2) is 17.5 Å². The van der Waals surface area contributed by atoms with E-state index in [1.54, 1.807) is 0 Å². The van der Waals surface area contributed by atoms with E-state index in [1.165, 1.54) is 16.9 Å². The Morgan fingerprint density at radius 2 is 2.46 bits per heavy atom. The third-order valence-electron chi connectivity index (χ3n) is 2.02. The lowest BCUT2D eigenvalue weighted by molar-refractivity contribution is 0.112. The number of carbonyl (C=O) groups excluding carboxylic acids is 1. The van der Waals surface area contributed by atoms with Crippen LogP contribution in [-0.2, 0) is 4.74 Å². The summed E-state index contributed by atoms with van der Waals surface area (Å²) in [5, 5.41) is 2.00. The number of ether oxygens (including phenoxy) is 1. The number of rotatable bonds is 2. The van der Waals surface area contributed by atoms with Crippen molar-refractivity contribution in [3.8, 4) is 0 Å². The molecule has 0 unspecified atom stereocenters. The van der Waals surface area contributed by atoms with Crippen molar-refractivity contribution in [2.45, 2.75) is 6.42 Å². The zero-order valence-electron chi connectivity index (χ0n) is 7.16. The van der Waals surface area contributed by atoms with Gasteiger partial charge in [0.25, 0.3) is 0 Å². The van der Waals surface area contributed by atoms with Gasteiger partial charge >= 0.3 is 0 Å². The Hall–Kier alpha value is -0.930. The summed E-state index contributed by atoms with van der Waals surface area (Å²) < 4.78 is 5.33. The Labute approximate surface area is 80.8 Å². The molecule has 0 amide bonds. The van der Waals surface area contributed by atoms with E-state index in [4.69, 9.17) is 4.74 Å². The Morgan fingerprint density at radius 1 is 1.54 bits per heavy atom. The van der Waals surface area contributed by atoms with Gasteiger partial charge in [-0.25, -0.2) is 0 Å². The van der Waals surface area contributed by atoms with Gasteiger partial charge < -0.3 is 4.74 Å². The molecule has 3 heteroatoms. The first-order chi connectivity index (χ1) is 6.40. The summed E-state index contributed by atoms with van der Waals surface area (Å²) in [6.45, 7) is 1.49. The molecular formula is C10H10O2S. The molecule has 0 N–H and O–H groups in total. The number of hydrogen-bond acceptors (Lipinski definition) is 3. The highest BCUT2D eigenvalue weighted by molar-refractivity contribution is 7.11. The summed E-state index contributed by atoms with van der Waals surface area (Å²) in [5.41, 5.74) is 2.34. The minimum Gasteiger partial charge on any atom is -0.376 e. The molecule has 2 rings (SSSR count). The molecule has 0 radical (unpaired) electrons. The maximum absolute atomic E-state index is 10.5. The van der Waals surface area contributed by atoms with Gasteiger partial charge in [0.15, 0.2) is 6.29 Å². The van der Waals surface area contributed by atoms with Crippen LogP contribution >= 0.6 is 11.3 Å². The summed E-state index contributed by atoms with van der Waals surface area (Å²) in [6, 6.07) is 1.91. The van der Waals surface area contributed by atoms with Crippen molar-refractivity contribution in [1.82, 2.24) is 0 Å². The normalized spacial score (nSPS) is 16.8. The van der Waals surface area contributed by atoms with Gasteiger partial charge in [-0.05, 0) is 29.0 Å². The second-order valence-corrected chi connectivity index (χ2v) is 3.87. The van der Waals surface area contributed by atoms with Gasteiger partial charge in [0, 0.05) is 0 Å². The van der Waals surface area contributed by atoms with E-state index in [1.807, 2.05) is 11.4 Å². The molecule has 0 aromatic carbocycles. The third-order valence-corrected chi connectivity index (χ3v) is 2.88. The third kappa shape index (κ3) is 1.87. The van der Waals surface area contributed by atoms with Gasteiger partial charge in [0.2, 0.25) is 0 Å². The van der Waals surface area contributed by atoms with Crippen LogP contribution in [0.4, 0.5) is 0 Å². The molecule has 0 saturated carbocycles. The van der Waals surface area contributed by atoms with E-state index in [9.17, 15) is 4.79 Å². The van der Waals surface area contributed by atoms with E-state index >= 15 is 0 Å². The van der Waals surface area contributed by atoms with Crippen LogP contribution in [0.3, 0.4) is 0 Å². The maximum atomic E-state index is 10.5. The minimum absolute atomic E-state index is 0.676. The zero-order valence-corrected chi connectivity index (χ0v) is 7.97. The second-order valence-electron chi connectivity index (χ2n) is 2.93. The molecule has 1 aliphatic heterocycles. The molecule has 0 atom stereocenters. The molecule has 0 saturated heterocycles. The molecule has 1 aromatic heterocycles. The van der Waals surface area contributed by atoms with Crippen LogP contribution in [0, 0.1) is 0 Å². The summed E-state index contributed by atoms with van der Waals surface area (Å²) in [5.74, 6) is 0. The number of carbonyl (C=O) groups is 1. The molecule has 0 fully saturated rings. The van der Waals surface area contributed by atoms with Crippen molar-refractivity contribution in [2.75, 3.05) is 13.2 Å². The van der Waals surface area contributed by atoms with Gasteiger partial charge in [0.1, 0.15) is 0 Å². The minimum atomic E-state index is 0.676. The molecule has 2 nitrogen and oxygen atoms in total. The predicted octanol–water partition coefficient (Wildman–Crippen LogP) is 2.36. The molecule has 13 heavy (non-hydrogen) atoms. The largest absolute Gasteiger partial charge is 0.376 e. The first-order valence-electron chi connectivity index (χ1n) is 4.21. The molecule has 68 valence electrons. The lowest BCUT2D eigenvalue weighted by Crippen LogP contribution is -2.04. The van der Waals surface area contributed by atoms with Gasteiger partial charge in [-0.15, -0.1) is 11.3 Å². The van der Waals surface area contributed by atoms with Crippen LogP contribution in [0.25, 0.3) is 5.57 Å². The molecule has 0 spiro atoms. The molecule has 0 aliphatic carbocycles. The molecule has 2 heterocycles. The molecular weight excluding hydrogens is 184 g/mol. The lowest BCUT2D eigenvalue weighted by atomic mass is 10.1. The van der Waals surface area contributed by atoms with Crippen molar-refractivity contribution in [3.63, 3.8) is 0 Å². The van der Waals surface area contributed by atoms with Crippen LogP contribution in [-0.4, -0.2) is 19.5 Å². The summed E-state index contributed by atoms with van der Waals surface area (Å²) in [4.78, 5) is 11.2. The Morgan fingerprint density at radius 3 is 3.08 bits per heavy atom. The van der Waals surface area contributed by atoms with Crippen molar-refractivity contribution in [1.29, 1.82) is 0 Å². The average Bonchev–Trinajstić information content (AvgIpc) is 2.67. The van der Waals surface area contributed by atoms with Crippen molar-refractivity contribution in [3.05, 3.63) is 28.0 Å². The van der Waals surface area contributed by atoms with Crippen LogP contribution in [0.5, 0.6) is 0 Å². The maximum Gasteiger partial charge on any atom is 0.160 e. The molecule has 1 aromatic rings. The average molecular weight is 194 g/mol. The van der Waals surface area contributed by atoms with Gasteiger partial charge in [-0.3, -0.25) is 4.79 Å². The van der Waals surface area contributed by atoms with Crippen LogP contribution in [0.2, 0.25) is 0 Å². The van der Waals surface area contributed by atoms with Crippen LogP contribution < -0.4 is 0 Å². The Bertz CT molecular complexity index is 338. The van der Waals surface area contributed by atoms with Crippen molar-refractivity contribution in [2.24, 2.45) is 0 Å². The number of thiophene rings is 1. The Balaban J connectivity index is 2.23. The van der Waals surface area contributed by atoms with Gasteiger partial charge in [-0.2, -0.15) is 0 Å². The molecule has 0 bridgehead atoms. The summed E-state index contributed by atoms with van der Waals surface area (Å²) >= 11 is 1.48. The Kier molecular flexibility index (Phi) is 2.57. The second kappa shape index (κ2) is 3.85. The first-order valence-corrected chi connectivity index (χ1v) is 5.09. The highest BCUT2D eigenvalue weighted by atomic mass is 32.1. The summed E-state index contributed by atoms with van der Waals surface area (Å²) in [6.07, 6.45) is 4.04. The van der Waals surface area contributed by atoms with Gasteiger partial charge in [0.05, 0.1) is 18.1 Å². The van der Waals surface area contributed by atoms with E-state index < -0.39 is 0 Å². The highest BCUT2D eigenvalue weighted by Crippen LogP contribution is 2.23. The zero-order chi connectivity index (χ0) is 9.10. The smallest absolute Gasteiger partial charge is 0.160 e. The summed E-state index contributed by atoms with van der Waals surface area (Å²) in [7, 11) is 0. The fourth-order valence-electron chi connectivity index (χ4n) is 1.34. The lowest BCUT2D eigenvalue weighted by Gasteiger charge is -2.11. The van der Waals surface area contributed by atoms with Crippen LogP contribution in [0.1, 0.15) is 21.7 Å². The fraction of sp³-hybridized carbons (Fsp3) is 0.300. The van der Waals surface area contributed by atoms with Gasteiger partial charge in [-0.1, -0.05) is 6.08 Å². The van der Waals surface area contributed by atoms with Crippen molar-refractivity contribution < 1.29 is 9.53 Å². The van der Waals surface area contributed by atoms with Crippen molar-refractivity contribution >= 4 is 23.2 Å². The predicted molar refractivity (Wildman–Crippen MR) is 53.1 cm³/mol. The van der Waals surface area contributed by atoms with E-state index in [-0.39, 0.29) is 0 Å². The number of aldehydes is 1. The van der Waals surface area contributed by atoms with E-state index in [0.717, 1.165) is 29.8 Å². The molecule has 1 aliphatic rings. The SMILES string of the molecule is O=Cc1cc(C2=CCCOC2)cs1. The standard InChI is InChI=1S/C10H10O2S/c11-5-10-4-9(7-13-10)8-2-1-3-12-6-8/h2,4-5,7H,1,3,6H2. The highest BCUT2D eigenvalue weighted by Gasteiger charge is 2.07. The van der Waals surface area contributed by atoms with E-state index in [2.05, 4.69) is 6.08 Å². The topological polar surface area (TPSA) is 26.3 Å². The quantitative estimate of drug-likeness (QED) is 0.675. The van der Waals surface area contributed by atoms with E-state index in [0.29, 0.717) is 6.61 Å².